The van der Waals surface area contributed by atoms with Crippen molar-refractivity contribution in [3.8, 4) is 6.07 Å². The van der Waals surface area contributed by atoms with E-state index in [4.69, 9.17) is 0 Å². The zero-order valence-electron chi connectivity index (χ0n) is 11.9. The fourth-order valence-corrected chi connectivity index (χ4v) is 2.28. The van der Waals surface area contributed by atoms with E-state index in [9.17, 15) is 9.65 Å². The molecule has 0 spiro atoms. The molecule has 0 amide bonds. The van der Waals surface area contributed by atoms with Crippen molar-refractivity contribution in [3.63, 3.8) is 0 Å². The Morgan fingerprint density at radius 2 is 1.90 bits per heavy atom. The van der Waals surface area contributed by atoms with Gasteiger partial charge in [-0.3, -0.25) is 0 Å². The number of anilines is 1. The fourth-order valence-electron chi connectivity index (χ4n) is 2.28. The minimum atomic E-state index is -0.225. The molecule has 0 aromatic heterocycles. The standard InChI is InChI=1S/C17H17FN2/c1-12-8-9-17(14(10-12)11-19)20(3)13(2)15-6-4-5-7-16(15)18/h4-10,13H,1-3H3. The largest absolute Gasteiger partial charge is 0.367 e. The van der Waals surface area contributed by atoms with Crippen molar-refractivity contribution in [2.24, 2.45) is 0 Å². The summed E-state index contributed by atoms with van der Waals surface area (Å²) in [4.78, 5) is 1.93. The van der Waals surface area contributed by atoms with Gasteiger partial charge in [-0.1, -0.05) is 24.3 Å². The Morgan fingerprint density at radius 1 is 1.20 bits per heavy atom. The van der Waals surface area contributed by atoms with Crippen LogP contribution in [0.2, 0.25) is 0 Å². The molecular formula is C17H17FN2. The Balaban J connectivity index is 2.39. The molecule has 0 N–H and O–H groups in total. The highest BCUT2D eigenvalue weighted by Crippen LogP contribution is 2.29. The summed E-state index contributed by atoms with van der Waals surface area (Å²) in [6.45, 7) is 3.88. The normalized spacial score (nSPS) is 11.8. The van der Waals surface area contributed by atoms with Gasteiger partial charge in [-0.15, -0.1) is 0 Å². The van der Waals surface area contributed by atoms with E-state index >= 15 is 0 Å². The Labute approximate surface area is 119 Å². The number of hydrogen-bond acceptors (Lipinski definition) is 2. The van der Waals surface area contributed by atoms with Crippen LogP contribution >= 0.6 is 0 Å². The van der Waals surface area contributed by atoms with E-state index in [1.54, 1.807) is 12.1 Å². The first-order valence-corrected chi connectivity index (χ1v) is 6.52. The Kier molecular flexibility index (Phi) is 4.05. The molecule has 0 fully saturated rings. The van der Waals surface area contributed by atoms with E-state index in [-0.39, 0.29) is 11.9 Å². The zero-order chi connectivity index (χ0) is 14.7. The predicted molar refractivity (Wildman–Crippen MR) is 79.1 cm³/mol. The molecule has 102 valence electrons. The second kappa shape index (κ2) is 5.75. The molecule has 3 heteroatoms. The number of rotatable bonds is 3. The van der Waals surface area contributed by atoms with Gasteiger partial charge in [-0.25, -0.2) is 4.39 Å². The molecule has 0 saturated carbocycles. The second-order valence-electron chi connectivity index (χ2n) is 4.94. The predicted octanol–water partition coefficient (Wildman–Crippen LogP) is 4.20. The second-order valence-corrected chi connectivity index (χ2v) is 4.94. The molecule has 0 radical (unpaired) electrons. The van der Waals surface area contributed by atoms with Gasteiger partial charge in [0.25, 0.3) is 0 Å². The summed E-state index contributed by atoms with van der Waals surface area (Å²) < 4.78 is 13.9. The smallest absolute Gasteiger partial charge is 0.128 e. The van der Waals surface area contributed by atoms with Gasteiger partial charge in [0.2, 0.25) is 0 Å². The summed E-state index contributed by atoms with van der Waals surface area (Å²) in [6, 6.07) is 14.5. The maximum Gasteiger partial charge on any atom is 0.128 e. The van der Waals surface area contributed by atoms with Crippen molar-refractivity contribution >= 4 is 5.69 Å². The van der Waals surface area contributed by atoms with E-state index in [1.807, 2.05) is 50.1 Å². The van der Waals surface area contributed by atoms with Crippen LogP contribution in [-0.4, -0.2) is 7.05 Å². The third-order valence-corrected chi connectivity index (χ3v) is 3.59. The van der Waals surface area contributed by atoms with Crippen molar-refractivity contribution in [1.82, 2.24) is 0 Å². The van der Waals surface area contributed by atoms with Gasteiger partial charge in [0.05, 0.1) is 17.3 Å². The van der Waals surface area contributed by atoms with Crippen LogP contribution in [0.1, 0.15) is 29.7 Å². The molecule has 1 unspecified atom stereocenters. The lowest BCUT2D eigenvalue weighted by atomic mass is 10.0. The van der Waals surface area contributed by atoms with Crippen LogP contribution in [0.5, 0.6) is 0 Å². The van der Waals surface area contributed by atoms with Crippen molar-refractivity contribution in [2.75, 3.05) is 11.9 Å². The number of benzene rings is 2. The average Bonchev–Trinajstić information content (AvgIpc) is 2.46. The van der Waals surface area contributed by atoms with Crippen molar-refractivity contribution in [3.05, 3.63) is 65.0 Å². The first-order chi connectivity index (χ1) is 9.54. The third kappa shape index (κ3) is 2.65. The minimum Gasteiger partial charge on any atom is -0.367 e. The number of hydrogen-bond donors (Lipinski definition) is 0. The molecular weight excluding hydrogens is 251 g/mol. The SMILES string of the molecule is Cc1ccc(N(C)C(C)c2ccccc2F)c(C#N)c1. The Hall–Kier alpha value is -2.34. The number of aryl methyl sites for hydroxylation is 1. The van der Waals surface area contributed by atoms with Gasteiger partial charge in [0.15, 0.2) is 0 Å². The lowest BCUT2D eigenvalue weighted by molar-refractivity contribution is 0.585. The van der Waals surface area contributed by atoms with Gasteiger partial charge in [-0.05, 0) is 37.6 Å². The summed E-state index contributed by atoms with van der Waals surface area (Å²) in [5, 5.41) is 9.25. The number of halogens is 1. The van der Waals surface area contributed by atoms with Crippen LogP contribution < -0.4 is 4.90 Å². The van der Waals surface area contributed by atoms with E-state index in [0.717, 1.165) is 11.3 Å². The van der Waals surface area contributed by atoms with Crippen LogP contribution in [0.15, 0.2) is 42.5 Å². The monoisotopic (exact) mass is 268 g/mol. The molecule has 2 rings (SSSR count). The first-order valence-electron chi connectivity index (χ1n) is 6.52. The summed E-state index contributed by atoms with van der Waals surface area (Å²) in [6.07, 6.45) is 0. The van der Waals surface area contributed by atoms with Gasteiger partial charge in [0, 0.05) is 12.6 Å². The van der Waals surface area contributed by atoms with E-state index in [1.165, 1.54) is 6.07 Å². The van der Waals surface area contributed by atoms with Gasteiger partial charge in [0.1, 0.15) is 11.9 Å². The highest BCUT2D eigenvalue weighted by atomic mass is 19.1. The zero-order valence-corrected chi connectivity index (χ0v) is 11.9. The maximum atomic E-state index is 13.9. The summed E-state index contributed by atoms with van der Waals surface area (Å²) in [5.74, 6) is -0.225. The lowest BCUT2D eigenvalue weighted by Crippen LogP contribution is -2.23. The van der Waals surface area contributed by atoms with E-state index in [0.29, 0.717) is 11.1 Å². The Morgan fingerprint density at radius 3 is 2.55 bits per heavy atom. The lowest BCUT2D eigenvalue weighted by Gasteiger charge is -2.28. The van der Waals surface area contributed by atoms with Gasteiger partial charge in [-0.2, -0.15) is 5.26 Å². The molecule has 0 aliphatic rings. The molecule has 2 aromatic carbocycles. The third-order valence-electron chi connectivity index (χ3n) is 3.59. The topological polar surface area (TPSA) is 27.0 Å². The molecule has 0 aliphatic carbocycles. The van der Waals surface area contributed by atoms with Crippen LogP contribution in [0.3, 0.4) is 0 Å². The van der Waals surface area contributed by atoms with Crippen molar-refractivity contribution < 1.29 is 4.39 Å². The van der Waals surface area contributed by atoms with E-state index in [2.05, 4.69) is 6.07 Å². The molecule has 0 saturated heterocycles. The number of nitriles is 1. The van der Waals surface area contributed by atoms with Crippen LogP contribution in [-0.2, 0) is 0 Å². The number of nitrogens with zero attached hydrogens (tertiary/aromatic N) is 2. The van der Waals surface area contributed by atoms with Crippen molar-refractivity contribution in [1.29, 1.82) is 5.26 Å². The fraction of sp³-hybridized carbons (Fsp3) is 0.235. The van der Waals surface area contributed by atoms with Gasteiger partial charge >= 0.3 is 0 Å². The van der Waals surface area contributed by atoms with Crippen LogP contribution in [0.4, 0.5) is 10.1 Å². The Bertz CT molecular complexity index is 658. The van der Waals surface area contributed by atoms with Crippen LogP contribution in [0.25, 0.3) is 0 Å². The minimum absolute atomic E-state index is 0.147. The summed E-state index contributed by atoms with van der Waals surface area (Å²) in [7, 11) is 1.88. The molecule has 2 aromatic rings. The molecule has 0 heterocycles. The van der Waals surface area contributed by atoms with Gasteiger partial charge < -0.3 is 4.90 Å². The average molecular weight is 268 g/mol. The van der Waals surface area contributed by atoms with Crippen LogP contribution in [0, 0.1) is 24.1 Å². The molecule has 0 aliphatic heterocycles. The quantitative estimate of drug-likeness (QED) is 0.834. The van der Waals surface area contributed by atoms with E-state index < -0.39 is 0 Å². The maximum absolute atomic E-state index is 13.9. The molecule has 20 heavy (non-hydrogen) atoms. The summed E-state index contributed by atoms with van der Waals surface area (Å²) in [5.41, 5.74) is 3.08. The van der Waals surface area contributed by atoms with Crippen molar-refractivity contribution in [2.45, 2.75) is 19.9 Å². The molecule has 0 bridgehead atoms. The molecule has 1 atom stereocenters. The summed E-state index contributed by atoms with van der Waals surface area (Å²) >= 11 is 0. The highest BCUT2D eigenvalue weighted by Gasteiger charge is 2.18. The first kappa shape index (κ1) is 14.1. The highest BCUT2D eigenvalue weighted by molar-refractivity contribution is 5.61. The molecule has 2 nitrogen and oxygen atoms in total.